The van der Waals surface area contributed by atoms with Gasteiger partial charge in [0.2, 0.25) is 0 Å². The summed E-state index contributed by atoms with van der Waals surface area (Å²) in [6.07, 6.45) is 8.42. The van der Waals surface area contributed by atoms with E-state index in [0.29, 0.717) is 6.10 Å². The number of aromatic nitrogens is 1. The van der Waals surface area contributed by atoms with Crippen LogP contribution in [-0.2, 0) is 4.74 Å². The molecule has 0 amide bonds. The van der Waals surface area contributed by atoms with E-state index in [1.807, 2.05) is 12.3 Å². The summed E-state index contributed by atoms with van der Waals surface area (Å²) in [5, 5.41) is 0. The zero-order valence-corrected chi connectivity index (χ0v) is 10.8. The normalized spacial score (nSPS) is 22.2. The smallest absolute Gasteiger partial charge is 0.0576 e. The lowest BCUT2D eigenvalue weighted by Gasteiger charge is -2.14. The van der Waals surface area contributed by atoms with Gasteiger partial charge >= 0.3 is 0 Å². The fourth-order valence-electron chi connectivity index (χ4n) is 2.04. The largest absolute Gasteiger partial charge is 0.378 e. The van der Waals surface area contributed by atoms with Crippen LogP contribution >= 0.6 is 15.9 Å². The zero-order valence-electron chi connectivity index (χ0n) is 9.23. The molecule has 1 aromatic heterocycles. The van der Waals surface area contributed by atoms with Gasteiger partial charge in [-0.2, -0.15) is 0 Å². The number of ether oxygens (including phenoxy) is 1. The molecule has 3 nitrogen and oxygen atoms in total. The standard InChI is InChI=1S/C12H17BrN2O/c13-10-6-9(7-15-8-10)12(14)4-3-11-2-1-5-16-11/h6-8,11-12H,1-5,14H2. The van der Waals surface area contributed by atoms with Gasteiger partial charge in [0.15, 0.2) is 0 Å². The lowest BCUT2D eigenvalue weighted by atomic mass is 10.0. The molecule has 0 bridgehead atoms. The molecular formula is C12H17BrN2O. The van der Waals surface area contributed by atoms with Crippen molar-refractivity contribution in [3.63, 3.8) is 0 Å². The Morgan fingerprint density at radius 3 is 3.12 bits per heavy atom. The lowest BCUT2D eigenvalue weighted by molar-refractivity contribution is 0.101. The molecule has 0 aromatic carbocycles. The van der Waals surface area contributed by atoms with Gasteiger partial charge in [0.1, 0.15) is 0 Å². The van der Waals surface area contributed by atoms with Crippen LogP contribution in [0.4, 0.5) is 0 Å². The van der Waals surface area contributed by atoms with Crippen molar-refractivity contribution >= 4 is 15.9 Å². The Morgan fingerprint density at radius 1 is 1.56 bits per heavy atom. The third-order valence-electron chi connectivity index (χ3n) is 2.98. The van der Waals surface area contributed by atoms with E-state index in [0.717, 1.165) is 29.5 Å². The van der Waals surface area contributed by atoms with E-state index in [1.165, 1.54) is 12.8 Å². The summed E-state index contributed by atoms with van der Waals surface area (Å²) in [5.41, 5.74) is 7.22. The van der Waals surface area contributed by atoms with Gasteiger partial charge in [0, 0.05) is 29.5 Å². The fourth-order valence-corrected chi connectivity index (χ4v) is 2.42. The molecule has 2 heterocycles. The number of nitrogens with zero attached hydrogens (tertiary/aromatic N) is 1. The van der Waals surface area contributed by atoms with Gasteiger partial charge in [-0.25, -0.2) is 0 Å². The number of hydrogen-bond donors (Lipinski definition) is 1. The van der Waals surface area contributed by atoms with E-state index in [4.69, 9.17) is 10.5 Å². The van der Waals surface area contributed by atoms with Gasteiger partial charge in [-0.3, -0.25) is 4.98 Å². The van der Waals surface area contributed by atoms with Gasteiger partial charge in [0.05, 0.1) is 6.10 Å². The number of nitrogens with two attached hydrogens (primary N) is 1. The minimum atomic E-state index is 0.0641. The summed E-state index contributed by atoms with van der Waals surface area (Å²) < 4.78 is 6.57. The van der Waals surface area contributed by atoms with Crippen molar-refractivity contribution in [3.8, 4) is 0 Å². The molecule has 2 unspecified atom stereocenters. The second kappa shape index (κ2) is 5.75. The Morgan fingerprint density at radius 2 is 2.44 bits per heavy atom. The zero-order chi connectivity index (χ0) is 11.4. The molecule has 88 valence electrons. The molecule has 0 aliphatic carbocycles. The fraction of sp³-hybridized carbons (Fsp3) is 0.583. The highest BCUT2D eigenvalue weighted by Gasteiger charge is 2.17. The van der Waals surface area contributed by atoms with Crippen molar-refractivity contribution < 1.29 is 4.74 Å². The molecule has 0 radical (unpaired) electrons. The lowest BCUT2D eigenvalue weighted by Crippen LogP contribution is -2.14. The van der Waals surface area contributed by atoms with Crippen LogP contribution in [-0.4, -0.2) is 17.7 Å². The molecule has 1 fully saturated rings. The maximum absolute atomic E-state index is 6.13. The van der Waals surface area contributed by atoms with Crippen molar-refractivity contribution in [1.82, 2.24) is 4.98 Å². The molecule has 2 atom stereocenters. The van der Waals surface area contributed by atoms with E-state index < -0.39 is 0 Å². The Labute approximate surface area is 105 Å². The minimum Gasteiger partial charge on any atom is -0.378 e. The van der Waals surface area contributed by atoms with Crippen LogP contribution in [0.2, 0.25) is 0 Å². The number of halogens is 1. The molecule has 0 spiro atoms. The monoisotopic (exact) mass is 284 g/mol. The van der Waals surface area contributed by atoms with Crippen molar-refractivity contribution in [2.45, 2.75) is 37.8 Å². The van der Waals surface area contributed by atoms with Gasteiger partial charge in [-0.15, -0.1) is 0 Å². The molecule has 2 rings (SSSR count). The van der Waals surface area contributed by atoms with Gasteiger partial charge in [0.25, 0.3) is 0 Å². The summed E-state index contributed by atoms with van der Waals surface area (Å²) in [6, 6.07) is 2.10. The predicted octanol–water partition coefficient (Wildman–Crippen LogP) is 2.80. The SMILES string of the molecule is NC(CCC1CCCO1)c1cncc(Br)c1. The highest BCUT2D eigenvalue weighted by molar-refractivity contribution is 9.10. The number of hydrogen-bond acceptors (Lipinski definition) is 3. The van der Waals surface area contributed by atoms with Crippen LogP contribution in [0.1, 0.15) is 37.3 Å². The van der Waals surface area contributed by atoms with Crippen molar-refractivity contribution in [2.75, 3.05) is 6.61 Å². The van der Waals surface area contributed by atoms with Gasteiger partial charge in [-0.05, 0) is 53.2 Å². The van der Waals surface area contributed by atoms with E-state index >= 15 is 0 Å². The molecule has 2 N–H and O–H groups in total. The Bertz CT molecular complexity index is 340. The predicted molar refractivity (Wildman–Crippen MR) is 67.1 cm³/mol. The molecule has 0 saturated carbocycles. The molecule has 1 aromatic rings. The molecule has 4 heteroatoms. The molecule has 1 aliphatic heterocycles. The third kappa shape index (κ3) is 3.27. The van der Waals surface area contributed by atoms with Crippen LogP contribution in [0, 0.1) is 0 Å². The van der Waals surface area contributed by atoms with E-state index in [-0.39, 0.29) is 6.04 Å². The van der Waals surface area contributed by atoms with Crippen LogP contribution in [0.25, 0.3) is 0 Å². The highest BCUT2D eigenvalue weighted by Crippen LogP contribution is 2.23. The number of pyridine rings is 1. The first-order valence-electron chi connectivity index (χ1n) is 5.73. The summed E-state index contributed by atoms with van der Waals surface area (Å²) >= 11 is 3.41. The first-order valence-corrected chi connectivity index (χ1v) is 6.52. The molecular weight excluding hydrogens is 268 g/mol. The molecule has 1 saturated heterocycles. The summed E-state index contributed by atoms with van der Waals surface area (Å²) in [4.78, 5) is 4.13. The quantitative estimate of drug-likeness (QED) is 0.925. The van der Waals surface area contributed by atoms with E-state index in [2.05, 4.69) is 20.9 Å². The van der Waals surface area contributed by atoms with Crippen LogP contribution in [0.15, 0.2) is 22.9 Å². The first kappa shape index (κ1) is 12.0. The van der Waals surface area contributed by atoms with Gasteiger partial charge in [-0.1, -0.05) is 0 Å². The van der Waals surface area contributed by atoms with E-state index in [9.17, 15) is 0 Å². The van der Waals surface area contributed by atoms with Crippen LogP contribution in [0.3, 0.4) is 0 Å². The second-order valence-corrected chi connectivity index (χ2v) is 5.17. The minimum absolute atomic E-state index is 0.0641. The van der Waals surface area contributed by atoms with Crippen LogP contribution < -0.4 is 5.73 Å². The highest BCUT2D eigenvalue weighted by atomic mass is 79.9. The number of rotatable bonds is 4. The summed E-state index contributed by atoms with van der Waals surface area (Å²) in [5.74, 6) is 0. The maximum atomic E-state index is 6.13. The van der Waals surface area contributed by atoms with Crippen LogP contribution in [0.5, 0.6) is 0 Å². The summed E-state index contributed by atoms with van der Waals surface area (Å²) in [6.45, 7) is 0.915. The Kier molecular flexibility index (Phi) is 4.32. The van der Waals surface area contributed by atoms with Gasteiger partial charge < -0.3 is 10.5 Å². The average Bonchev–Trinajstić information content (AvgIpc) is 2.78. The second-order valence-electron chi connectivity index (χ2n) is 4.26. The third-order valence-corrected chi connectivity index (χ3v) is 3.41. The Balaban J connectivity index is 1.85. The Hall–Kier alpha value is -0.450. The topological polar surface area (TPSA) is 48.1 Å². The van der Waals surface area contributed by atoms with Crippen molar-refractivity contribution in [2.24, 2.45) is 5.73 Å². The molecule has 1 aliphatic rings. The first-order chi connectivity index (χ1) is 7.75. The average molecular weight is 285 g/mol. The maximum Gasteiger partial charge on any atom is 0.0576 e. The summed E-state index contributed by atoms with van der Waals surface area (Å²) in [7, 11) is 0. The molecule has 16 heavy (non-hydrogen) atoms. The van der Waals surface area contributed by atoms with Crippen molar-refractivity contribution in [1.29, 1.82) is 0 Å². The van der Waals surface area contributed by atoms with E-state index in [1.54, 1.807) is 6.20 Å². The van der Waals surface area contributed by atoms with Crippen molar-refractivity contribution in [3.05, 3.63) is 28.5 Å².